The predicted molar refractivity (Wildman–Crippen MR) is 124 cm³/mol. The second-order valence-corrected chi connectivity index (χ2v) is 12.3. The SMILES string of the molecule is C[C@@]1(Oc2cc(NS(=O)(=O)c3ccc(Sc4ccc(F)cc4)s3)ccc2C(F)(F)F)CCNC1. The third-order valence-electron chi connectivity index (χ3n) is 5.08. The minimum atomic E-state index is -4.66. The number of nitrogens with one attached hydrogen (secondary N) is 2. The molecule has 1 atom stereocenters. The highest BCUT2D eigenvalue weighted by Crippen LogP contribution is 2.41. The molecule has 2 heterocycles. The van der Waals surface area contributed by atoms with Gasteiger partial charge in [-0.25, -0.2) is 12.8 Å². The van der Waals surface area contributed by atoms with Gasteiger partial charge in [-0.2, -0.15) is 13.2 Å². The van der Waals surface area contributed by atoms with Crippen molar-refractivity contribution in [3.05, 3.63) is 66.0 Å². The van der Waals surface area contributed by atoms with Gasteiger partial charge in [-0.3, -0.25) is 4.72 Å². The van der Waals surface area contributed by atoms with E-state index >= 15 is 0 Å². The van der Waals surface area contributed by atoms with Crippen molar-refractivity contribution in [2.24, 2.45) is 0 Å². The molecule has 0 aliphatic carbocycles. The molecule has 1 fully saturated rings. The number of hydrogen-bond donors (Lipinski definition) is 2. The molecule has 1 aliphatic heterocycles. The average molecular weight is 533 g/mol. The highest BCUT2D eigenvalue weighted by Gasteiger charge is 2.38. The molecule has 0 amide bonds. The Balaban J connectivity index is 1.56. The van der Waals surface area contributed by atoms with Gasteiger partial charge in [-0.15, -0.1) is 11.3 Å². The first-order valence-electron chi connectivity index (χ1n) is 10.1. The number of benzene rings is 2. The molecule has 5 nitrogen and oxygen atoms in total. The zero-order valence-corrected chi connectivity index (χ0v) is 20.2. The Morgan fingerprint density at radius 3 is 2.50 bits per heavy atom. The van der Waals surface area contributed by atoms with Gasteiger partial charge in [0.2, 0.25) is 0 Å². The number of ether oxygens (including phenoxy) is 1. The summed E-state index contributed by atoms with van der Waals surface area (Å²) in [5, 5.41) is 3.05. The predicted octanol–water partition coefficient (Wildman–Crippen LogP) is 5.99. The third-order valence-corrected chi connectivity index (χ3v) is 9.18. The molecule has 12 heteroatoms. The molecular formula is C22H20F4N2O3S3. The lowest BCUT2D eigenvalue weighted by Crippen LogP contribution is -2.35. The summed E-state index contributed by atoms with van der Waals surface area (Å²) in [4.78, 5) is 0.736. The van der Waals surface area contributed by atoms with Gasteiger partial charge in [0.1, 0.15) is 21.4 Å². The first-order valence-corrected chi connectivity index (χ1v) is 13.2. The summed E-state index contributed by atoms with van der Waals surface area (Å²) >= 11 is 2.27. The van der Waals surface area contributed by atoms with Crippen LogP contribution in [0.15, 0.2) is 67.9 Å². The molecule has 4 rings (SSSR count). The molecular weight excluding hydrogens is 512 g/mol. The molecule has 0 bridgehead atoms. The van der Waals surface area contributed by atoms with E-state index in [1.165, 1.54) is 30.0 Å². The summed E-state index contributed by atoms with van der Waals surface area (Å²) < 4.78 is 88.1. The number of halogens is 4. The summed E-state index contributed by atoms with van der Waals surface area (Å²) in [6.07, 6.45) is -4.14. The maximum absolute atomic E-state index is 13.5. The van der Waals surface area contributed by atoms with Crippen molar-refractivity contribution in [1.82, 2.24) is 5.32 Å². The maximum Gasteiger partial charge on any atom is 0.419 e. The lowest BCUT2D eigenvalue weighted by molar-refractivity contribution is -0.139. The summed E-state index contributed by atoms with van der Waals surface area (Å²) in [6.45, 7) is 2.70. The monoisotopic (exact) mass is 532 g/mol. The fourth-order valence-electron chi connectivity index (χ4n) is 3.38. The van der Waals surface area contributed by atoms with Gasteiger partial charge in [-0.1, -0.05) is 11.8 Å². The number of sulfonamides is 1. The molecule has 1 aromatic heterocycles. The number of anilines is 1. The van der Waals surface area contributed by atoms with Gasteiger partial charge in [0.05, 0.1) is 15.5 Å². The molecule has 1 saturated heterocycles. The van der Waals surface area contributed by atoms with Gasteiger partial charge in [0.25, 0.3) is 10.0 Å². The van der Waals surface area contributed by atoms with Crippen LogP contribution in [0.1, 0.15) is 18.9 Å². The van der Waals surface area contributed by atoms with E-state index in [1.807, 2.05) is 0 Å². The first-order chi connectivity index (χ1) is 15.9. The second-order valence-electron chi connectivity index (χ2n) is 7.92. The molecule has 0 spiro atoms. The molecule has 34 heavy (non-hydrogen) atoms. The molecule has 182 valence electrons. The van der Waals surface area contributed by atoms with Crippen LogP contribution in [0.2, 0.25) is 0 Å². The number of rotatable bonds is 7. The van der Waals surface area contributed by atoms with E-state index in [1.54, 1.807) is 25.1 Å². The molecule has 1 aliphatic rings. The summed E-state index contributed by atoms with van der Waals surface area (Å²) in [7, 11) is -4.05. The Bertz CT molecular complexity index is 1270. The Morgan fingerprint density at radius 2 is 1.85 bits per heavy atom. The van der Waals surface area contributed by atoms with Crippen molar-refractivity contribution in [1.29, 1.82) is 0 Å². The van der Waals surface area contributed by atoms with Gasteiger partial charge >= 0.3 is 6.18 Å². The number of hydrogen-bond acceptors (Lipinski definition) is 6. The molecule has 0 saturated carbocycles. The normalized spacial score (nSPS) is 18.7. The van der Waals surface area contributed by atoms with Crippen LogP contribution >= 0.6 is 23.1 Å². The smallest absolute Gasteiger partial charge is 0.419 e. The van der Waals surface area contributed by atoms with Crippen molar-refractivity contribution in [3.8, 4) is 5.75 Å². The molecule has 0 radical (unpaired) electrons. The van der Waals surface area contributed by atoms with Gasteiger partial charge in [-0.05, 0) is 62.0 Å². The van der Waals surface area contributed by atoms with Gasteiger partial charge in [0, 0.05) is 23.9 Å². The van der Waals surface area contributed by atoms with E-state index in [0.29, 0.717) is 23.7 Å². The first kappa shape index (κ1) is 24.8. The summed E-state index contributed by atoms with van der Waals surface area (Å²) in [5.74, 6) is -0.807. The van der Waals surface area contributed by atoms with Crippen LogP contribution in [-0.2, 0) is 16.2 Å². The lowest BCUT2D eigenvalue weighted by Gasteiger charge is -2.27. The largest absolute Gasteiger partial charge is 0.485 e. The van der Waals surface area contributed by atoms with Crippen LogP contribution < -0.4 is 14.8 Å². The average Bonchev–Trinajstić information content (AvgIpc) is 3.38. The Kier molecular flexibility index (Phi) is 6.87. The Hall–Kier alpha value is -2.28. The highest BCUT2D eigenvalue weighted by atomic mass is 32.3. The van der Waals surface area contributed by atoms with Crippen molar-refractivity contribution in [3.63, 3.8) is 0 Å². The van der Waals surface area contributed by atoms with Crippen LogP contribution in [-0.4, -0.2) is 27.1 Å². The topological polar surface area (TPSA) is 67.4 Å². The van der Waals surface area contributed by atoms with Crippen LogP contribution in [0.5, 0.6) is 5.75 Å². The minimum absolute atomic E-state index is 0.00793. The van der Waals surface area contributed by atoms with Gasteiger partial charge < -0.3 is 10.1 Å². The van der Waals surface area contributed by atoms with E-state index in [9.17, 15) is 26.0 Å². The van der Waals surface area contributed by atoms with Crippen LogP contribution in [0.25, 0.3) is 0 Å². The van der Waals surface area contributed by atoms with Crippen molar-refractivity contribution in [2.45, 2.75) is 38.4 Å². The summed E-state index contributed by atoms with van der Waals surface area (Å²) in [5.41, 5.74) is -1.85. The molecule has 2 aromatic carbocycles. The van der Waals surface area contributed by atoms with Gasteiger partial charge in [0.15, 0.2) is 0 Å². The van der Waals surface area contributed by atoms with E-state index < -0.39 is 33.1 Å². The Morgan fingerprint density at radius 1 is 1.12 bits per heavy atom. The third kappa shape index (κ3) is 5.85. The molecule has 3 aromatic rings. The van der Waals surface area contributed by atoms with E-state index in [0.717, 1.165) is 34.4 Å². The van der Waals surface area contributed by atoms with Crippen LogP contribution in [0.4, 0.5) is 23.2 Å². The standard InChI is InChI=1S/C22H20F4N2O3S3/c1-21(10-11-27-13-21)31-18-12-15(4-7-17(18)22(24,25)26)28-34(29,30)20-9-8-19(33-20)32-16-5-2-14(23)3-6-16/h2-9,12,27-28H,10-11,13H2,1H3/t21-/m1/s1. The fraction of sp³-hybridized carbons (Fsp3) is 0.273. The molecule has 0 unspecified atom stereocenters. The molecule has 2 N–H and O–H groups in total. The maximum atomic E-state index is 13.5. The zero-order valence-electron chi connectivity index (χ0n) is 17.8. The van der Waals surface area contributed by atoms with E-state index in [-0.39, 0.29) is 15.7 Å². The quantitative estimate of drug-likeness (QED) is 0.366. The number of thiophene rings is 1. The van der Waals surface area contributed by atoms with Crippen molar-refractivity contribution < 1.29 is 30.7 Å². The van der Waals surface area contributed by atoms with Crippen molar-refractivity contribution >= 4 is 38.8 Å². The minimum Gasteiger partial charge on any atom is -0.485 e. The number of alkyl halides is 3. The fourth-order valence-corrected chi connectivity index (χ4v) is 6.99. The van der Waals surface area contributed by atoms with E-state index in [2.05, 4.69) is 10.0 Å². The zero-order chi connectivity index (χ0) is 24.6. The van der Waals surface area contributed by atoms with Crippen LogP contribution in [0.3, 0.4) is 0 Å². The van der Waals surface area contributed by atoms with Crippen molar-refractivity contribution in [2.75, 3.05) is 17.8 Å². The van der Waals surface area contributed by atoms with E-state index in [4.69, 9.17) is 4.74 Å². The highest BCUT2D eigenvalue weighted by molar-refractivity contribution is 8.02. The lowest BCUT2D eigenvalue weighted by atomic mass is 10.1. The summed E-state index contributed by atoms with van der Waals surface area (Å²) in [6, 6.07) is 11.7. The van der Waals surface area contributed by atoms with Crippen LogP contribution in [0, 0.1) is 5.82 Å². The Labute approximate surface area is 202 Å². The second kappa shape index (κ2) is 9.40.